The lowest BCUT2D eigenvalue weighted by molar-refractivity contribution is 0.0743. The molecule has 0 aromatic heterocycles. The van der Waals surface area contributed by atoms with E-state index in [-0.39, 0.29) is 17.8 Å². The molecule has 2 atom stereocenters. The first-order chi connectivity index (χ1) is 9.12. The van der Waals surface area contributed by atoms with E-state index < -0.39 is 0 Å². The lowest BCUT2D eigenvalue weighted by atomic mass is 9.90. The Labute approximate surface area is 111 Å². The van der Waals surface area contributed by atoms with Gasteiger partial charge in [-0.1, -0.05) is 24.3 Å². The third kappa shape index (κ3) is 1.35. The zero-order chi connectivity index (χ0) is 13.2. The number of hydrogen-bond donors (Lipinski definition) is 0. The van der Waals surface area contributed by atoms with E-state index in [1.54, 1.807) is 0 Å². The van der Waals surface area contributed by atoms with Gasteiger partial charge in [0.1, 0.15) is 23.6 Å². The zero-order valence-corrected chi connectivity index (χ0v) is 10.8. The third-order valence-electron chi connectivity index (χ3n) is 3.99. The van der Waals surface area contributed by atoms with Crippen LogP contribution in [0.4, 0.5) is 0 Å². The molecule has 0 amide bonds. The molecule has 94 valence electrons. The largest absolute Gasteiger partial charge is 0.484 e. The van der Waals surface area contributed by atoms with Gasteiger partial charge in [-0.3, -0.25) is 0 Å². The smallest absolute Gasteiger partial charge is 0.134 e. The molecule has 3 nitrogen and oxygen atoms in total. The average molecular weight is 251 g/mol. The van der Waals surface area contributed by atoms with E-state index >= 15 is 0 Å². The normalized spacial score (nSPS) is 25.9. The van der Waals surface area contributed by atoms with Gasteiger partial charge in [0, 0.05) is 16.3 Å². The Balaban J connectivity index is 2.07. The highest BCUT2D eigenvalue weighted by molar-refractivity contribution is 5.94. The molecule has 1 fully saturated rings. The van der Waals surface area contributed by atoms with Gasteiger partial charge in [-0.25, -0.2) is 0 Å². The monoisotopic (exact) mass is 251 g/mol. The highest BCUT2D eigenvalue weighted by Gasteiger charge is 2.57. The van der Waals surface area contributed by atoms with Gasteiger partial charge in [-0.05, 0) is 19.9 Å². The quantitative estimate of drug-likeness (QED) is 0.675. The lowest BCUT2D eigenvalue weighted by Gasteiger charge is -2.30. The van der Waals surface area contributed by atoms with E-state index in [9.17, 15) is 5.26 Å². The molecule has 0 N–H and O–H groups in total. The van der Waals surface area contributed by atoms with Gasteiger partial charge in [0.15, 0.2) is 0 Å². The van der Waals surface area contributed by atoms with Crippen molar-refractivity contribution < 1.29 is 9.47 Å². The zero-order valence-electron chi connectivity index (χ0n) is 10.8. The van der Waals surface area contributed by atoms with Crippen LogP contribution in [0.25, 0.3) is 10.8 Å². The number of nitrogens with zero attached hydrogens (tertiary/aromatic N) is 1. The van der Waals surface area contributed by atoms with Gasteiger partial charge in [-0.15, -0.1) is 0 Å². The predicted octanol–water partition coefficient (Wildman–Crippen LogP) is 3.32. The van der Waals surface area contributed by atoms with Gasteiger partial charge in [0.2, 0.25) is 0 Å². The highest BCUT2D eigenvalue weighted by atomic mass is 16.6. The molecule has 0 saturated carbocycles. The first kappa shape index (κ1) is 10.8. The Morgan fingerprint density at radius 1 is 1.21 bits per heavy atom. The van der Waals surface area contributed by atoms with Crippen LogP contribution in [-0.2, 0) is 4.74 Å². The van der Waals surface area contributed by atoms with Crippen molar-refractivity contribution in [2.75, 3.05) is 0 Å². The Morgan fingerprint density at radius 2 is 1.95 bits per heavy atom. The summed E-state index contributed by atoms with van der Waals surface area (Å²) in [7, 11) is 0. The van der Waals surface area contributed by atoms with Crippen LogP contribution < -0.4 is 4.74 Å². The van der Waals surface area contributed by atoms with Gasteiger partial charge in [-0.2, -0.15) is 5.26 Å². The molecule has 3 heteroatoms. The molecular weight excluding hydrogens is 238 g/mol. The molecule has 0 spiro atoms. The van der Waals surface area contributed by atoms with Crippen LogP contribution in [0.15, 0.2) is 30.3 Å². The number of nitriles is 1. The maximum Gasteiger partial charge on any atom is 0.134 e. The standard InChI is InChI=1S/C16H13NO2/c1-16(2)15-14(18-15)12-7-9(8-17)10-5-3-4-6-11(10)13(12)19-16/h3-7,14-15H,1-2H3. The van der Waals surface area contributed by atoms with Crippen molar-refractivity contribution in [3.8, 4) is 11.8 Å². The summed E-state index contributed by atoms with van der Waals surface area (Å²) in [6, 6.07) is 12.1. The van der Waals surface area contributed by atoms with Crippen molar-refractivity contribution in [3.05, 3.63) is 41.5 Å². The van der Waals surface area contributed by atoms with Gasteiger partial charge < -0.3 is 9.47 Å². The van der Waals surface area contributed by atoms with Crippen molar-refractivity contribution >= 4 is 10.8 Å². The molecule has 19 heavy (non-hydrogen) atoms. The van der Waals surface area contributed by atoms with Crippen molar-refractivity contribution in [2.24, 2.45) is 0 Å². The van der Waals surface area contributed by atoms with E-state index in [0.717, 1.165) is 22.1 Å². The minimum absolute atomic E-state index is 0.0791. The number of ether oxygens (including phenoxy) is 2. The molecule has 2 aromatic carbocycles. The Hall–Kier alpha value is -2.05. The summed E-state index contributed by atoms with van der Waals surface area (Å²) in [6.45, 7) is 4.10. The molecule has 2 aliphatic rings. The van der Waals surface area contributed by atoms with Crippen LogP contribution in [0.5, 0.6) is 5.75 Å². The fourth-order valence-electron chi connectivity index (χ4n) is 2.99. The molecule has 0 radical (unpaired) electrons. The van der Waals surface area contributed by atoms with Crippen LogP contribution in [0.2, 0.25) is 0 Å². The minimum Gasteiger partial charge on any atom is -0.484 e. The Bertz CT molecular complexity index is 742. The topological polar surface area (TPSA) is 45.5 Å². The lowest BCUT2D eigenvalue weighted by Crippen LogP contribution is -2.37. The number of fused-ring (bicyclic) bond motifs is 5. The van der Waals surface area contributed by atoms with Crippen molar-refractivity contribution in [1.29, 1.82) is 5.26 Å². The molecule has 4 rings (SSSR count). The summed E-state index contributed by atoms with van der Waals surface area (Å²) < 4.78 is 11.9. The summed E-state index contributed by atoms with van der Waals surface area (Å²) in [5.41, 5.74) is 1.39. The first-order valence-electron chi connectivity index (χ1n) is 6.42. The Kier molecular flexibility index (Phi) is 1.87. The molecule has 2 aromatic rings. The predicted molar refractivity (Wildman–Crippen MR) is 71.0 cm³/mol. The molecular formula is C16H13NO2. The number of epoxide rings is 1. The highest BCUT2D eigenvalue weighted by Crippen LogP contribution is 2.55. The van der Waals surface area contributed by atoms with Crippen LogP contribution >= 0.6 is 0 Å². The molecule has 2 heterocycles. The van der Waals surface area contributed by atoms with Gasteiger partial charge in [0.05, 0.1) is 11.6 Å². The minimum atomic E-state index is -0.311. The number of hydrogen-bond acceptors (Lipinski definition) is 3. The second-order valence-corrected chi connectivity index (χ2v) is 5.68. The second kappa shape index (κ2) is 3.28. The van der Waals surface area contributed by atoms with Crippen molar-refractivity contribution in [3.63, 3.8) is 0 Å². The SMILES string of the molecule is CC1(C)Oc2c(cc(C#N)c3ccccc23)C2OC21. The number of rotatable bonds is 0. The molecule has 0 bridgehead atoms. The van der Waals surface area contributed by atoms with Gasteiger partial charge in [0.25, 0.3) is 0 Å². The van der Waals surface area contributed by atoms with Crippen LogP contribution in [0, 0.1) is 11.3 Å². The van der Waals surface area contributed by atoms with Gasteiger partial charge >= 0.3 is 0 Å². The fourth-order valence-corrected chi connectivity index (χ4v) is 2.99. The molecule has 2 unspecified atom stereocenters. The number of benzene rings is 2. The summed E-state index contributed by atoms with van der Waals surface area (Å²) in [5.74, 6) is 0.873. The average Bonchev–Trinajstić information content (AvgIpc) is 3.19. The van der Waals surface area contributed by atoms with E-state index in [4.69, 9.17) is 9.47 Å². The maximum atomic E-state index is 9.31. The summed E-state index contributed by atoms with van der Waals surface area (Å²) in [6.07, 6.45) is 0.183. The summed E-state index contributed by atoms with van der Waals surface area (Å²) in [5, 5.41) is 11.2. The summed E-state index contributed by atoms with van der Waals surface area (Å²) in [4.78, 5) is 0. The molecule has 0 aliphatic carbocycles. The van der Waals surface area contributed by atoms with Crippen LogP contribution in [-0.4, -0.2) is 11.7 Å². The molecule has 2 aliphatic heterocycles. The van der Waals surface area contributed by atoms with Crippen LogP contribution in [0.1, 0.15) is 31.1 Å². The van der Waals surface area contributed by atoms with Crippen LogP contribution in [0.3, 0.4) is 0 Å². The molecule has 1 saturated heterocycles. The summed E-state index contributed by atoms with van der Waals surface area (Å²) >= 11 is 0. The maximum absolute atomic E-state index is 9.31. The van der Waals surface area contributed by atoms with E-state index in [2.05, 4.69) is 6.07 Å². The second-order valence-electron chi connectivity index (χ2n) is 5.68. The van der Waals surface area contributed by atoms with E-state index in [0.29, 0.717) is 5.56 Å². The van der Waals surface area contributed by atoms with E-state index in [1.807, 2.05) is 44.2 Å². The third-order valence-corrected chi connectivity index (χ3v) is 3.99. The van der Waals surface area contributed by atoms with Crippen molar-refractivity contribution in [1.82, 2.24) is 0 Å². The Morgan fingerprint density at radius 3 is 2.68 bits per heavy atom. The first-order valence-corrected chi connectivity index (χ1v) is 6.42. The fraction of sp³-hybridized carbons (Fsp3) is 0.312. The van der Waals surface area contributed by atoms with Crippen molar-refractivity contribution in [2.45, 2.75) is 31.7 Å². The van der Waals surface area contributed by atoms with E-state index in [1.165, 1.54) is 0 Å².